The summed E-state index contributed by atoms with van der Waals surface area (Å²) < 4.78 is 5.61. The Balaban J connectivity index is 2.20. The van der Waals surface area contributed by atoms with Crippen LogP contribution in [-0.2, 0) is 13.2 Å². The number of rotatable bonds is 4. The first-order valence-corrected chi connectivity index (χ1v) is 6.46. The summed E-state index contributed by atoms with van der Waals surface area (Å²) in [5.41, 5.74) is 1.61. The van der Waals surface area contributed by atoms with E-state index in [0.717, 1.165) is 5.56 Å². The van der Waals surface area contributed by atoms with Crippen LogP contribution in [0.3, 0.4) is 0 Å². The Labute approximate surface area is 126 Å². The van der Waals surface area contributed by atoms with Gasteiger partial charge in [0.1, 0.15) is 24.1 Å². The third-order valence-corrected chi connectivity index (χ3v) is 3.08. The van der Waals surface area contributed by atoms with Crippen LogP contribution in [0.4, 0.5) is 0 Å². The van der Waals surface area contributed by atoms with Crippen molar-refractivity contribution in [3.8, 4) is 11.8 Å². The van der Waals surface area contributed by atoms with Gasteiger partial charge in [-0.05, 0) is 29.8 Å². The van der Waals surface area contributed by atoms with E-state index in [-0.39, 0.29) is 13.2 Å². The van der Waals surface area contributed by atoms with E-state index in [1.54, 1.807) is 24.3 Å². The van der Waals surface area contributed by atoms with Gasteiger partial charge in [-0.1, -0.05) is 23.2 Å². The van der Waals surface area contributed by atoms with Crippen LogP contribution < -0.4 is 4.74 Å². The monoisotopic (exact) mass is 308 g/mol. The van der Waals surface area contributed by atoms with Crippen molar-refractivity contribution < 1.29 is 9.84 Å². The fraction of sp³-hybridized carbons (Fsp3) is 0.143. The molecular weight excluding hydrogens is 299 g/mol. The number of hydrogen-bond acceptors (Lipinski definition) is 4. The zero-order chi connectivity index (χ0) is 14.5. The van der Waals surface area contributed by atoms with Crippen molar-refractivity contribution >= 4 is 23.2 Å². The SMILES string of the molecule is N#Cc1cc(COc2c(Cl)cc(Cl)cc2CO)ccn1. The van der Waals surface area contributed by atoms with E-state index in [1.165, 1.54) is 6.20 Å². The molecule has 4 nitrogen and oxygen atoms in total. The van der Waals surface area contributed by atoms with Crippen LogP contribution in [0.1, 0.15) is 16.8 Å². The van der Waals surface area contributed by atoms with Gasteiger partial charge in [-0.25, -0.2) is 4.98 Å². The molecule has 0 aliphatic heterocycles. The highest BCUT2D eigenvalue weighted by Crippen LogP contribution is 2.33. The van der Waals surface area contributed by atoms with Crippen LogP contribution in [-0.4, -0.2) is 10.1 Å². The Morgan fingerprint density at radius 3 is 2.80 bits per heavy atom. The molecule has 2 rings (SSSR count). The topological polar surface area (TPSA) is 66.1 Å². The van der Waals surface area contributed by atoms with Gasteiger partial charge in [0.15, 0.2) is 0 Å². The maximum Gasteiger partial charge on any atom is 0.144 e. The fourth-order valence-corrected chi connectivity index (χ4v) is 2.26. The molecule has 1 aromatic heterocycles. The van der Waals surface area contributed by atoms with Gasteiger partial charge in [-0.15, -0.1) is 0 Å². The number of nitrogens with zero attached hydrogens (tertiary/aromatic N) is 2. The predicted molar refractivity (Wildman–Crippen MR) is 75.7 cm³/mol. The van der Waals surface area contributed by atoms with Crippen molar-refractivity contribution in [1.29, 1.82) is 5.26 Å². The van der Waals surface area contributed by atoms with Crippen LogP contribution in [0.25, 0.3) is 0 Å². The molecule has 0 amide bonds. The Hall–Kier alpha value is -1.80. The van der Waals surface area contributed by atoms with E-state index in [1.807, 2.05) is 6.07 Å². The molecule has 0 saturated heterocycles. The van der Waals surface area contributed by atoms with Gasteiger partial charge in [0, 0.05) is 16.8 Å². The number of aliphatic hydroxyl groups is 1. The molecule has 102 valence electrons. The minimum Gasteiger partial charge on any atom is -0.487 e. The van der Waals surface area contributed by atoms with Crippen LogP contribution in [0.15, 0.2) is 30.5 Å². The summed E-state index contributed by atoms with van der Waals surface area (Å²) in [5, 5.41) is 18.8. The van der Waals surface area contributed by atoms with Gasteiger partial charge in [-0.2, -0.15) is 5.26 Å². The Bertz CT molecular complexity index is 669. The highest BCUT2D eigenvalue weighted by molar-refractivity contribution is 6.35. The molecule has 1 heterocycles. The van der Waals surface area contributed by atoms with Gasteiger partial charge >= 0.3 is 0 Å². The molecule has 2 aromatic rings. The number of halogens is 2. The number of ether oxygens (including phenoxy) is 1. The molecule has 20 heavy (non-hydrogen) atoms. The second kappa shape index (κ2) is 6.58. The lowest BCUT2D eigenvalue weighted by Crippen LogP contribution is -2.00. The summed E-state index contributed by atoms with van der Waals surface area (Å²) in [6.45, 7) is -0.0129. The van der Waals surface area contributed by atoms with Gasteiger partial charge in [0.2, 0.25) is 0 Å². The van der Waals surface area contributed by atoms with Crippen molar-refractivity contribution in [2.45, 2.75) is 13.2 Å². The molecule has 0 radical (unpaired) electrons. The summed E-state index contributed by atoms with van der Waals surface area (Å²) in [6, 6.07) is 8.46. The number of benzene rings is 1. The summed E-state index contributed by atoms with van der Waals surface area (Å²) in [7, 11) is 0. The Morgan fingerprint density at radius 2 is 2.10 bits per heavy atom. The molecule has 6 heteroatoms. The summed E-state index contributed by atoms with van der Waals surface area (Å²) in [4.78, 5) is 3.88. The van der Waals surface area contributed by atoms with Crippen molar-refractivity contribution in [3.05, 3.63) is 57.3 Å². The smallest absolute Gasteiger partial charge is 0.144 e. The lowest BCUT2D eigenvalue weighted by atomic mass is 10.2. The van der Waals surface area contributed by atoms with E-state index in [9.17, 15) is 5.11 Å². The Morgan fingerprint density at radius 1 is 1.30 bits per heavy atom. The lowest BCUT2D eigenvalue weighted by Gasteiger charge is -2.12. The van der Waals surface area contributed by atoms with Crippen LogP contribution in [0.5, 0.6) is 5.75 Å². The minimum absolute atomic E-state index is 0.214. The maximum atomic E-state index is 9.30. The maximum absolute atomic E-state index is 9.30. The zero-order valence-corrected chi connectivity index (χ0v) is 11.8. The molecule has 0 saturated carbocycles. The van der Waals surface area contributed by atoms with Crippen LogP contribution >= 0.6 is 23.2 Å². The van der Waals surface area contributed by atoms with E-state index in [4.69, 9.17) is 33.2 Å². The quantitative estimate of drug-likeness (QED) is 0.940. The van der Waals surface area contributed by atoms with Gasteiger partial charge in [0.05, 0.1) is 11.6 Å². The van der Waals surface area contributed by atoms with Crippen LogP contribution in [0.2, 0.25) is 10.0 Å². The lowest BCUT2D eigenvalue weighted by molar-refractivity contribution is 0.259. The number of aromatic nitrogens is 1. The second-order valence-electron chi connectivity index (χ2n) is 3.98. The molecule has 0 spiro atoms. The average molecular weight is 309 g/mol. The standard InChI is InChI=1S/C14H10Cl2N2O2/c15-11-4-10(7-19)14(13(16)5-11)20-8-9-1-2-18-12(3-9)6-17/h1-5,19H,7-8H2. The third-order valence-electron chi connectivity index (χ3n) is 2.58. The highest BCUT2D eigenvalue weighted by atomic mass is 35.5. The van der Waals surface area contributed by atoms with E-state index in [0.29, 0.717) is 27.1 Å². The largest absolute Gasteiger partial charge is 0.487 e. The Kier molecular flexibility index (Phi) is 4.80. The second-order valence-corrected chi connectivity index (χ2v) is 4.83. The van der Waals surface area contributed by atoms with E-state index < -0.39 is 0 Å². The third kappa shape index (κ3) is 3.40. The number of nitriles is 1. The van der Waals surface area contributed by atoms with E-state index >= 15 is 0 Å². The molecule has 0 aliphatic rings. The van der Waals surface area contributed by atoms with E-state index in [2.05, 4.69) is 4.98 Å². The highest BCUT2D eigenvalue weighted by Gasteiger charge is 2.10. The van der Waals surface area contributed by atoms with Gasteiger partial charge in [-0.3, -0.25) is 0 Å². The normalized spacial score (nSPS) is 10.1. The molecule has 1 aromatic carbocycles. The molecule has 0 atom stereocenters. The van der Waals surface area contributed by atoms with Gasteiger partial charge in [0.25, 0.3) is 0 Å². The number of pyridine rings is 1. The van der Waals surface area contributed by atoms with Crippen molar-refractivity contribution in [2.75, 3.05) is 0 Å². The fourth-order valence-electron chi connectivity index (χ4n) is 1.67. The van der Waals surface area contributed by atoms with Crippen LogP contribution in [0, 0.1) is 11.3 Å². The molecule has 0 unspecified atom stereocenters. The first-order chi connectivity index (χ1) is 9.63. The minimum atomic E-state index is -0.227. The van der Waals surface area contributed by atoms with Gasteiger partial charge < -0.3 is 9.84 Å². The molecule has 0 bridgehead atoms. The predicted octanol–water partition coefficient (Wildman–Crippen LogP) is 3.33. The number of aliphatic hydroxyl groups excluding tert-OH is 1. The molecular formula is C14H10Cl2N2O2. The van der Waals surface area contributed by atoms with Crippen molar-refractivity contribution in [2.24, 2.45) is 0 Å². The van der Waals surface area contributed by atoms with Crippen molar-refractivity contribution in [3.63, 3.8) is 0 Å². The summed E-state index contributed by atoms with van der Waals surface area (Å²) in [5.74, 6) is 0.383. The molecule has 0 aliphatic carbocycles. The number of hydrogen-bond donors (Lipinski definition) is 1. The molecule has 1 N–H and O–H groups in total. The first kappa shape index (κ1) is 14.6. The first-order valence-electron chi connectivity index (χ1n) is 5.70. The zero-order valence-electron chi connectivity index (χ0n) is 10.3. The summed E-state index contributed by atoms with van der Waals surface area (Å²) >= 11 is 11.9. The molecule has 0 fully saturated rings. The average Bonchev–Trinajstić information content (AvgIpc) is 2.45. The van der Waals surface area contributed by atoms with Crippen molar-refractivity contribution in [1.82, 2.24) is 4.98 Å². The summed E-state index contributed by atoms with van der Waals surface area (Å²) in [6.07, 6.45) is 1.54.